The Labute approximate surface area is 132 Å². The second kappa shape index (κ2) is 6.51. The number of nitrogens with one attached hydrogen (secondary N) is 1. The zero-order chi connectivity index (χ0) is 17.1. The zero-order valence-corrected chi connectivity index (χ0v) is 13.3. The van der Waals surface area contributed by atoms with E-state index < -0.39 is 11.9 Å². The van der Waals surface area contributed by atoms with E-state index >= 15 is 0 Å². The van der Waals surface area contributed by atoms with Crippen molar-refractivity contribution < 1.29 is 28.3 Å². The number of Topliss-reactive ketones (excluding diaryl/α,β-unsaturated/α-hetero) is 1. The van der Waals surface area contributed by atoms with Gasteiger partial charge in [-0.15, -0.1) is 0 Å². The quantitative estimate of drug-likeness (QED) is 0.672. The number of ether oxygens (including phenoxy) is 2. The summed E-state index contributed by atoms with van der Waals surface area (Å²) in [5, 5.41) is 0. The molecule has 122 valence electrons. The molecule has 0 radical (unpaired) electrons. The Morgan fingerprint density at radius 1 is 1.22 bits per heavy atom. The highest BCUT2D eigenvalue weighted by molar-refractivity contribution is 6.01. The molecule has 2 aromatic rings. The first-order chi connectivity index (χ1) is 10.9. The van der Waals surface area contributed by atoms with Gasteiger partial charge in [-0.05, 0) is 32.4 Å². The minimum Gasteiger partial charge on any atom is -0.463 e. The highest BCUT2D eigenvalue weighted by Crippen LogP contribution is 2.20. The van der Waals surface area contributed by atoms with Crippen LogP contribution >= 0.6 is 0 Å². The summed E-state index contributed by atoms with van der Waals surface area (Å²) in [7, 11) is 1.23. The van der Waals surface area contributed by atoms with Crippen molar-refractivity contribution in [3.63, 3.8) is 0 Å². The number of carbonyl (C=O) groups excluding carboxylic acids is 3. The molecule has 23 heavy (non-hydrogen) atoms. The van der Waals surface area contributed by atoms with Crippen LogP contribution in [-0.2, 0) is 16.1 Å². The summed E-state index contributed by atoms with van der Waals surface area (Å²) in [4.78, 5) is 38.1. The molecule has 7 nitrogen and oxygen atoms in total. The largest absolute Gasteiger partial charge is 0.463 e. The van der Waals surface area contributed by atoms with Crippen LogP contribution in [0.2, 0.25) is 0 Å². The molecule has 0 saturated heterocycles. The van der Waals surface area contributed by atoms with Crippen molar-refractivity contribution in [2.45, 2.75) is 27.4 Å². The molecule has 0 bridgehead atoms. The molecular formula is C16H17NO6. The van der Waals surface area contributed by atoms with Crippen LogP contribution in [-0.4, -0.2) is 29.8 Å². The Kier molecular flexibility index (Phi) is 4.68. The van der Waals surface area contributed by atoms with E-state index in [1.54, 1.807) is 13.8 Å². The van der Waals surface area contributed by atoms with E-state index in [-0.39, 0.29) is 23.8 Å². The van der Waals surface area contributed by atoms with Crippen LogP contribution in [0.15, 0.2) is 16.7 Å². The van der Waals surface area contributed by atoms with E-state index in [4.69, 9.17) is 9.15 Å². The second-order valence-corrected chi connectivity index (χ2v) is 5.02. The van der Waals surface area contributed by atoms with Gasteiger partial charge in [-0.25, -0.2) is 9.59 Å². The summed E-state index contributed by atoms with van der Waals surface area (Å²) >= 11 is 0. The molecule has 0 aliphatic rings. The van der Waals surface area contributed by atoms with Gasteiger partial charge in [-0.1, -0.05) is 0 Å². The molecule has 0 spiro atoms. The summed E-state index contributed by atoms with van der Waals surface area (Å²) in [6, 6.07) is 1.52. The zero-order valence-electron chi connectivity index (χ0n) is 13.3. The van der Waals surface area contributed by atoms with Crippen LogP contribution < -0.4 is 0 Å². The Hall–Kier alpha value is -2.83. The normalized spacial score (nSPS) is 10.4. The van der Waals surface area contributed by atoms with Crippen LogP contribution in [0.4, 0.5) is 0 Å². The molecule has 2 heterocycles. The predicted octanol–water partition coefficient (Wildman–Crippen LogP) is 2.57. The summed E-state index contributed by atoms with van der Waals surface area (Å²) < 4.78 is 14.8. The monoisotopic (exact) mass is 319 g/mol. The fourth-order valence-corrected chi connectivity index (χ4v) is 2.42. The first kappa shape index (κ1) is 16.5. The van der Waals surface area contributed by atoms with Gasteiger partial charge in [-0.3, -0.25) is 4.79 Å². The molecule has 2 aromatic heterocycles. The second-order valence-electron chi connectivity index (χ2n) is 5.02. The number of aromatic nitrogens is 1. The molecular weight excluding hydrogens is 302 g/mol. The molecule has 7 heteroatoms. The lowest BCUT2D eigenvalue weighted by Gasteiger charge is -2.04. The number of H-pyrrole nitrogens is 1. The van der Waals surface area contributed by atoms with Gasteiger partial charge in [-0.2, -0.15) is 0 Å². The smallest absolute Gasteiger partial charge is 0.374 e. The van der Waals surface area contributed by atoms with E-state index in [9.17, 15) is 14.4 Å². The Morgan fingerprint density at radius 3 is 2.48 bits per heavy atom. The van der Waals surface area contributed by atoms with E-state index in [1.165, 1.54) is 26.4 Å². The lowest BCUT2D eigenvalue weighted by Crippen LogP contribution is -2.10. The molecule has 0 aliphatic heterocycles. The van der Waals surface area contributed by atoms with E-state index in [2.05, 4.69) is 9.72 Å². The fraction of sp³-hybridized carbons (Fsp3) is 0.312. The molecule has 0 atom stereocenters. The minimum absolute atomic E-state index is 0.0101. The van der Waals surface area contributed by atoms with E-state index in [0.29, 0.717) is 22.4 Å². The third kappa shape index (κ3) is 3.18. The number of aromatic amines is 1. The minimum atomic E-state index is -0.646. The number of ketones is 1. The summed E-state index contributed by atoms with van der Waals surface area (Å²) in [5.74, 6) is -1.40. The van der Waals surface area contributed by atoms with E-state index in [0.717, 1.165) is 0 Å². The number of carbonyl (C=O) groups is 3. The average Bonchev–Trinajstić information content (AvgIpc) is 3.08. The first-order valence-electron chi connectivity index (χ1n) is 6.88. The first-order valence-corrected chi connectivity index (χ1v) is 6.88. The highest BCUT2D eigenvalue weighted by atomic mass is 16.5. The number of aryl methyl sites for hydroxylation is 1. The van der Waals surface area contributed by atoms with Crippen molar-refractivity contribution in [1.29, 1.82) is 0 Å². The number of methoxy groups -OCH3 is 1. The number of esters is 2. The maximum atomic E-state index is 12.2. The molecule has 0 aromatic carbocycles. The number of rotatable bonds is 5. The van der Waals surface area contributed by atoms with Gasteiger partial charge in [0, 0.05) is 16.8 Å². The standard InChI is InChI=1S/C16H17NO6/c1-8-12(10(3)18)9(2)17-13(8)15(19)23-7-11-5-6-22-14(11)16(20)21-4/h5-6,17H,7H2,1-4H3. The lowest BCUT2D eigenvalue weighted by atomic mass is 10.1. The van der Waals surface area contributed by atoms with Gasteiger partial charge in [0.25, 0.3) is 0 Å². The maximum absolute atomic E-state index is 12.2. The average molecular weight is 319 g/mol. The topological polar surface area (TPSA) is 98.6 Å². The Morgan fingerprint density at radius 2 is 1.91 bits per heavy atom. The van der Waals surface area contributed by atoms with Crippen LogP contribution in [0, 0.1) is 13.8 Å². The molecule has 0 amide bonds. The summed E-state index contributed by atoms with van der Waals surface area (Å²) in [6.45, 7) is 4.68. The van der Waals surface area contributed by atoms with Crippen molar-refractivity contribution in [3.8, 4) is 0 Å². The third-order valence-electron chi connectivity index (χ3n) is 3.47. The van der Waals surface area contributed by atoms with Gasteiger partial charge in [0.2, 0.25) is 5.76 Å². The predicted molar refractivity (Wildman–Crippen MR) is 79.4 cm³/mol. The molecule has 0 aliphatic carbocycles. The molecule has 0 fully saturated rings. The van der Waals surface area contributed by atoms with E-state index in [1.807, 2.05) is 0 Å². The van der Waals surface area contributed by atoms with Crippen molar-refractivity contribution in [2.75, 3.05) is 7.11 Å². The number of hydrogen-bond acceptors (Lipinski definition) is 6. The van der Waals surface area contributed by atoms with Crippen LogP contribution in [0.3, 0.4) is 0 Å². The maximum Gasteiger partial charge on any atom is 0.374 e. The van der Waals surface area contributed by atoms with Crippen molar-refractivity contribution in [2.24, 2.45) is 0 Å². The van der Waals surface area contributed by atoms with Gasteiger partial charge in [0.15, 0.2) is 5.78 Å². The van der Waals surface area contributed by atoms with Gasteiger partial charge in [0.05, 0.1) is 13.4 Å². The summed E-state index contributed by atoms with van der Waals surface area (Å²) in [6.07, 6.45) is 1.31. The number of furan rings is 1. The Bertz CT molecular complexity index is 768. The fourth-order valence-electron chi connectivity index (χ4n) is 2.42. The van der Waals surface area contributed by atoms with Crippen molar-refractivity contribution in [1.82, 2.24) is 4.98 Å². The van der Waals surface area contributed by atoms with Crippen molar-refractivity contribution >= 4 is 17.7 Å². The molecule has 0 unspecified atom stereocenters. The van der Waals surface area contributed by atoms with Crippen LogP contribution in [0.1, 0.15) is 55.1 Å². The molecule has 0 saturated carbocycles. The van der Waals surface area contributed by atoms with Crippen LogP contribution in [0.5, 0.6) is 0 Å². The van der Waals surface area contributed by atoms with Gasteiger partial charge in [0.1, 0.15) is 12.3 Å². The van der Waals surface area contributed by atoms with Gasteiger partial charge < -0.3 is 18.9 Å². The lowest BCUT2D eigenvalue weighted by molar-refractivity contribution is 0.0447. The molecule has 1 N–H and O–H groups in total. The Balaban J connectivity index is 2.15. The van der Waals surface area contributed by atoms with Crippen molar-refractivity contribution in [3.05, 3.63) is 46.2 Å². The number of hydrogen-bond donors (Lipinski definition) is 1. The molecule has 2 rings (SSSR count). The SMILES string of the molecule is COC(=O)c1occc1COC(=O)c1[nH]c(C)c(C(C)=O)c1C. The third-order valence-corrected chi connectivity index (χ3v) is 3.47. The highest BCUT2D eigenvalue weighted by Gasteiger charge is 2.22. The van der Waals surface area contributed by atoms with Gasteiger partial charge >= 0.3 is 11.9 Å². The van der Waals surface area contributed by atoms with Crippen LogP contribution in [0.25, 0.3) is 0 Å². The summed E-state index contributed by atoms with van der Waals surface area (Å²) in [5.41, 5.74) is 2.25.